The highest BCUT2D eigenvalue weighted by Gasteiger charge is 2.29. The van der Waals surface area contributed by atoms with Crippen molar-refractivity contribution in [2.45, 2.75) is 38.2 Å². The monoisotopic (exact) mass is 313 g/mol. The molecule has 0 spiro atoms. The second-order valence-electron chi connectivity index (χ2n) is 6.79. The Morgan fingerprint density at radius 1 is 1.13 bits per heavy atom. The van der Waals surface area contributed by atoms with Gasteiger partial charge in [-0.2, -0.15) is 0 Å². The fraction of sp³-hybridized carbons (Fsp3) is 0.526. The van der Waals surface area contributed by atoms with Crippen LogP contribution in [-0.2, 0) is 4.74 Å². The number of para-hydroxylation sites is 1. The zero-order valence-electron chi connectivity index (χ0n) is 13.4. The van der Waals surface area contributed by atoms with Crippen LogP contribution < -0.4 is 0 Å². The fourth-order valence-electron chi connectivity index (χ4n) is 3.50. The Morgan fingerprint density at radius 2 is 2.00 bits per heavy atom. The summed E-state index contributed by atoms with van der Waals surface area (Å²) >= 11 is 0. The number of amides is 1. The number of ether oxygens (including phenoxy) is 1. The normalized spacial score (nSPS) is 21.5. The van der Waals surface area contributed by atoms with E-state index in [0.717, 1.165) is 37.0 Å². The number of benzene rings is 1. The first-order chi connectivity index (χ1) is 11.3. The predicted octanol–water partition coefficient (Wildman–Crippen LogP) is 3.85. The van der Waals surface area contributed by atoms with Gasteiger partial charge >= 0.3 is 0 Å². The largest absolute Gasteiger partial charge is 0.451 e. The van der Waals surface area contributed by atoms with Gasteiger partial charge in [0.15, 0.2) is 5.76 Å². The molecule has 1 aromatic heterocycles. The number of furan rings is 1. The molecule has 1 aliphatic heterocycles. The van der Waals surface area contributed by atoms with Gasteiger partial charge in [0, 0.05) is 25.1 Å². The van der Waals surface area contributed by atoms with E-state index >= 15 is 0 Å². The number of hydrogen-bond acceptors (Lipinski definition) is 3. The maximum Gasteiger partial charge on any atom is 0.289 e. The molecule has 1 aromatic carbocycles. The lowest BCUT2D eigenvalue weighted by molar-refractivity contribution is 0.0427. The molecule has 1 saturated heterocycles. The van der Waals surface area contributed by atoms with E-state index in [1.165, 1.54) is 19.3 Å². The Bertz CT molecular complexity index is 650. The molecule has 4 heteroatoms. The molecule has 2 aromatic rings. The minimum atomic E-state index is 0.00333. The van der Waals surface area contributed by atoms with Gasteiger partial charge in [-0.3, -0.25) is 4.79 Å². The van der Waals surface area contributed by atoms with Crippen molar-refractivity contribution in [1.82, 2.24) is 4.90 Å². The van der Waals surface area contributed by atoms with Crippen LogP contribution in [0.2, 0.25) is 0 Å². The van der Waals surface area contributed by atoms with Gasteiger partial charge in [-0.25, -0.2) is 0 Å². The number of fused-ring (bicyclic) bond motifs is 1. The zero-order valence-corrected chi connectivity index (χ0v) is 13.4. The van der Waals surface area contributed by atoms with Gasteiger partial charge < -0.3 is 14.1 Å². The van der Waals surface area contributed by atoms with Gasteiger partial charge in [0.05, 0.1) is 6.10 Å². The highest BCUT2D eigenvalue weighted by Crippen LogP contribution is 2.29. The van der Waals surface area contributed by atoms with Crippen LogP contribution in [0, 0.1) is 5.92 Å². The molecule has 1 aliphatic carbocycles. The fourth-order valence-corrected chi connectivity index (χ4v) is 3.50. The first-order valence-electron chi connectivity index (χ1n) is 8.69. The Morgan fingerprint density at radius 3 is 2.70 bits per heavy atom. The summed E-state index contributed by atoms with van der Waals surface area (Å²) in [5, 5.41) is 0.983. The first-order valence-corrected chi connectivity index (χ1v) is 8.69. The second-order valence-corrected chi connectivity index (χ2v) is 6.79. The minimum absolute atomic E-state index is 0.00333. The Balaban J connectivity index is 1.54. The van der Waals surface area contributed by atoms with Crippen molar-refractivity contribution in [3.05, 3.63) is 36.1 Å². The molecule has 2 heterocycles. The van der Waals surface area contributed by atoms with Crippen LogP contribution in [0.5, 0.6) is 0 Å². The SMILES string of the molecule is O=C(c1cc2ccccc2o1)N(CC1CCC1)C[C@H]1CCCO1. The Hall–Kier alpha value is -1.81. The molecule has 4 rings (SSSR count). The van der Waals surface area contributed by atoms with E-state index in [-0.39, 0.29) is 12.0 Å². The third-order valence-corrected chi connectivity index (χ3v) is 5.07. The van der Waals surface area contributed by atoms with E-state index in [1.807, 2.05) is 35.2 Å². The van der Waals surface area contributed by atoms with Crippen LogP contribution in [0.25, 0.3) is 11.0 Å². The lowest BCUT2D eigenvalue weighted by Crippen LogP contribution is -2.41. The molecule has 4 nitrogen and oxygen atoms in total. The van der Waals surface area contributed by atoms with E-state index in [2.05, 4.69) is 0 Å². The number of hydrogen-bond donors (Lipinski definition) is 0. The summed E-state index contributed by atoms with van der Waals surface area (Å²) in [5.74, 6) is 1.09. The molecular weight excluding hydrogens is 290 g/mol. The maximum absolute atomic E-state index is 13.0. The average Bonchev–Trinajstić information content (AvgIpc) is 3.17. The van der Waals surface area contributed by atoms with Gasteiger partial charge in [0.2, 0.25) is 0 Å². The highest BCUT2D eigenvalue weighted by atomic mass is 16.5. The van der Waals surface area contributed by atoms with Crippen molar-refractivity contribution in [3.8, 4) is 0 Å². The Labute approximate surface area is 136 Å². The van der Waals surface area contributed by atoms with Crippen LogP contribution in [-0.4, -0.2) is 36.6 Å². The summed E-state index contributed by atoms with van der Waals surface area (Å²) in [4.78, 5) is 14.9. The molecule has 0 bridgehead atoms. The molecule has 0 unspecified atom stereocenters. The molecular formula is C19H23NO3. The van der Waals surface area contributed by atoms with Gasteiger partial charge in [-0.1, -0.05) is 24.6 Å². The van der Waals surface area contributed by atoms with Gasteiger partial charge in [-0.15, -0.1) is 0 Å². The summed E-state index contributed by atoms with van der Waals surface area (Å²) in [6.07, 6.45) is 6.08. The van der Waals surface area contributed by atoms with Crippen molar-refractivity contribution in [2.75, 3.05) is 19.7 Å². The van der Waals surface area contributed by atoms with Gasteiger partial charge in [0.1, 0.15) is 5.58 Å². The minimum Gasteiger partial charge on any atom is -0.451 e. The lowest BCUT2D eigenvalue weighted by atomic mass is 9.85. The molecule has 23 heavy (non-hydrogen) atoms. The molecule has 1 atom stereocenters. The van der Waals surface area contributed by atoms with E-state index in [4.69, 9.17) is 9.15 Å². The van der Waals surface area contributed by atoms with E-state index in [0.29, 0.717) is 18.2 Å². The predicted molar refractivity (Wildman–Crippen MR) is 88.4 cm³/mol. The van der Waals surface area contributed by atoms with Crippen LogP contribution >= 0.6 is 0 Å². The number of carbonyl (C=O) groups excluding carboxylic acids is 1. The third-order valence-electron chi connectivity index (χ3n) is 5.07. The number of carbonyl (C=O) groups is 1. The average molecular weight is 313 g/mol. The summed E-state index contributed by atoms with van der Waals surface area (Å²) in [7, 11) is 0. The van der Waals surface area contributed by atoms with Crippen LogP contribution in [0.15, 0.2) is 34.7 Å². The third kappa shape index (κ3) is 3.13. The van der Waals surface area contributed by atoms with Crippen molar-refractivity contribution >= 4 is 16.9 Å². The quantitative estimate of drug-likeness (QED) is 0.842. The van der Waals surface area contributed by atoms with Crippen LogP contribution in [0.3, 0.4) is 0 Å². The molecule has 1 saturated carbocycles. The highest BCUT2D eigenvalue weighted by molar-refractivity contribution is 5.96. The zero-order chi connectivity index (χ0) is 15.6. The van der Waals surface area contributed by atoms with E-state index in [9.17, 15) is 4.79 Å². The molecule has 122 valence electrons. The van der Waals surface area contributed by atoms with Crippen LogP contribution in [0.1, 0.15) is 42.7 Å². The van der Waals surface area contributed by atoms with Crippen molar-refractivity contribution in [1.29, 1.82) is 0 Å². The molecule has 2 aliphatic rings. The van der Waals surface area contributed by atoms with Crippen molar-refractivity contribution in [3.63, 3.8) is 0 Å². The van der Waals surface area contributed by atoms with Crippen LogP contribution in [0.4, 0.5) is 0 Å². The van der Waals surface area contributed by atoms with Gasteiger partial charge in [-0.05, 0) is 43.7 Å². The van der Waals surface area contributed by atoms with E-state index < -0.39 is 0 Å². The molecule has 2 fully saturated rings. The smallest absolute Gasteiger partial charge is 0.289 e. The second kappa shape index (κ2) is 6.36. The van der Waals surface area contributed by atoms with E-state index in [1.54, 1.807) is 0 Å². The number of nitrogens with zero attached hydrogens (tertiary/aromatic N) is 1. The standard InChI is InChI=1S/C19H23NO3/c21-19(18-11-15-7-1-2-9-17(15)23-18)20(12-14-5-3-6-14)13-16-8-4-10-22-16/h1-2,7,9,11,14,16H,3-6,8,10,12-13H2/t16-/m1/s1. The van der Waals surface area contributed by atoms with Crippen molar-refractivity contribution < 1.29 is 13.9 Å². The number of rotatable bonds is 5. The molecule has 0 radical (unpaired) electrons. The summed E-state index contributed by atoms with van der Waals surface area (Å²) in [5.41, 5.74) is 0.775. The summed E-state index contributed by atoms with van der Waals surface area (Å²) < 4.78 is 11.5. The Kier molecular flexibility index (Phi) is 4.08. The summed E-state index contributed by atoms with van der Waals surface area (Å²) in [6, 6.07) is 9.64. The molecule has 1 amide bonds. The molecule has 0 N–H and O–H groups in total. The lowest BCUT2D eigenvalue weighted by Gasteiger charge is -2.33. The maximum atomic E-state index is 13.0. The first kappa shape index (κ1) is 14.8. The van der Waals surface area contributed by atoms with Crippen molar-refractivity contribution in [2.24, 2.45) is 5.92 Å². The van der Waals surface area contributed by atoms with Gasteiger partial charge in [0.25, 0.3) is 5.91 Å². The topological polar surface area (TPSA) is 42.7 Å². The summed E-state index contributed by atoms with van der Waals surface area (Å²) in [6.45, 7) is 2.34.